The first-order valence-electron chi connectivity index (χ1n) is 8.98. The number of benzene rings is 3. The van der Waals surface area contributed by atoms with E-state index in [4.69, 9.17) is 11.6 Å². The van der Waals surface area contributed by atoms with Crippen molar-refractivity contribution < 1.29 is 14.7 Å². The number of halogens is 1. The van der Waals surface area contributed by atoms with Gasteiger partial charge in [-0.25, -0.2) is 0 Å². The van der Waals surface area contributed by atoms with Gasteiger partial charge < -0.3 is 10.0 Å². The summed E-state index contributed by atoms with van der Waals surface area (Å²) in [6, 6.07) is 23.0. The number of amides is 1. The number of hydrogen-bond acceptors (Lipinski definition) is 2. The van der Waals surface area contributed by atoms with E-state index in [2.05, 4.69) is 0 Å². The second kappa shape index (κ2) is 7.49. The third kappa shape index (κ3) is 3.27. The van der Waals surface area contributed by atoms with Crippen molar-refractivity contribution in [1.82, 2.24) is 4.90 Å². The largest absolute Gasteiger partial charge is 0.481 e. The molecule has 4 rings (SSSR count). The molecule has 1 amide bonds. The van der Waals surface area contributed by atoms with Gasteiger partial charge in [-0.05, 0) is 34.9 Å². The molecule has 0 spiro atoms. The molecule has 1 aliphatic rings. The summed E-state index contributed by atoms with van der Waals surface area (Å²) >= 11 is 5.98. The highest BCUT2D eigenvalue weighted by Gasteiger charge is 2.44. The molecule has 1 aliphatic heterocycles. The van der Waals surface area contributed by atoms with Gasteiger partial charge in [-0.1, -0.05) is 72.3 Å². The summed E-state index contributed by atoms with van der Waals surface area (Å²) in [5.41, 5.74) is 2.69. The maximum atomic E-state index is 13.3. The van der Waals surface area contributed by atoms with E-state index in [1.54, 1.807) is 41.3 Å². The standard InChI is InChI=1S/C23H18ClNO3/c24-17-12-10-15(11-13-17)14-25-21(16-6-2-1-3-7-16)20(23(27)28)18-8-4-5-9-19(18)22(25)26/h1-13,20-21H,14H2,(H,27,28)/t20-,21-/m0/s1. The molecule has 4 nitrogen and oxygen atoms in total. The van der Waals surface area contributed by atoms with Crippen LogP contribution in [0.3, 0.4) is 0 Å². The smallest absolute Gasteiger partial charge is 0.313 e. The first kappa shape index (κ1) is 18.3. The molecule has 3 aromatic carbocycles. The monoisotopic (exact) mass is 391 g/mol. The molecular weight excluding hydrogens is 374 g/mol. The number of carboxylic acids is 1. The molecule has 2 atom stereocenters. The van der Waals surface area contributed by atoms with Gasteiger partial charge in [0.2, 0.25) is 0 Å². The number of rotatable bonds is 4. The van der Waals surface area contributed by atoms with Crippen molar-refractivity contribution in [2.24, 2.45) is 0 Å². The average Bonchev–Trinajstić information content (AvgIpc) is 2.71. The highest BCUT2D eigenvalue weighted by atomic mass is 35.5. The van der Waals surface area contributed by atoms with Crippen LogP contribution in [0.4, 0.5) is 0 Å². The van der Waals surface area contributed by atoms with Gasteiger partial charge in [0.05, 0.1) is 6.04 Å². The zero-order valence-corrected chi connectivity index (χ0v) is 15.7. The molecule has 5 heteroatoms. The van der Waals surface area contributed by atoms with E-state index in [1.165, 1.54) is 0 Å². The summed E-state index contributed by atoms with van der Waals surface area (Å²) < 4.78 is 0. The summed E-state index contributed by atoms with van der Waals surface area (Å²) in [5.74, 6) is -1.96. The second-order valence-electron chi connectivity index (χ2n) is 6.82. The van der Waals surface area contributed by atoms with Gasteiger partial charge in [-0.2, -0.15) is 0 Å². The van der Waals surface area contributed by atoms with E-state index >= 15 is 0 Å². The fraction of sp³-hybridized carbons (Fsp3) is 0.130. The predicted octanol–water partition coefficient (Wildman–Crippen LogP) is 4.91. The lowest BCUT2D eigenvalue weighted by Crippen LogP contribution is -2.44. The summed E-state index contributed by atoms with van der Waals surface area (Å²) in [5, 5.41) is 10.7. The number of hydrogen-bond donors (Lipinski definition) is 1. The normalized spacial score (nSPS) is 18.6. The van der Waals surface area contributed by atoms with Gasteiger partial charge in [-0.15, -0.1) is 0 Å². The molecule has 0 unspecified atom stereocenters. The van der Waals surface area contributed by atoms with Gasteiger partial charge in [0, 0.05) is 17.1 Å². The van der Waals surface area contributed by atoms with Crippen LogP contribution in [0.5, 0.6) is 0 Å². The van der Waals surface area contributed by atoms with Crippen LogP contribution in [-0.2, 0) is 11.3 Å². The van der Waals surface area contributed by atoms with Crippen LogP contribution in [0, 0.1) is 0 Å². The lowest BCUT2D eigenvalue weighted by molar-refractivity contribution is -0.140. The van der Waals surface area contributed by atoms with E-state index in [9.17, 15) is 14.7 Å². The van der Waals surface area contributed by atoms with Crippen LogP contribution in [-0.4, -0.2) is 21.9 Å². The van der Waals surface area contributed by atoms with Gasteiger partial charge >= 0.3 is 5.97 Å². The SMILES string of the molecule is O=C(O)[C@H]1c2ccccc2C(=O)N(Cc2ccc(Cl)cc2)[C@H]1c1ccccc1. The molecule has 1 N–H and O–H groups in total. The Bertz CT molecular complexity index is 1020. The van der Waals surface area contributed by atoms with Crippen LogP contribution in [0.1, 0.15) is 39.0 Å². The lowest BCUT2D eigenvalue weighted by Gasteiger charge is -2.41. The summed E-state index contributed by atoms with van der Waals surface area (Å²) in [4.78, 5) is 27.3. The van der Waals surface area contributed by atoms with Crippen LogP contribution in [0.2, 0.25) is 5.02 Å². The number of fused-ring (bicyclic) bond motifs is 1. The Balaban J connectivity index is 1.86. The van der Waals surface area contributed by atoms with Crippen LogP contribution in [0.15, 0.2) is 78.9 Å². The van der Waals surface area contributed by atoms with Crippen LogP contribution >= 0.6 is 11.6 Å². The van der Waals surface area contributed by atoms with Crippen molar-refractivity contribution in [3.05, 3.63) is 106 Å². The highest BCUT2D eigenvalue weighted by Crippen LogP contribution is 2.43. The topological polar surface area (TPSA) is 57.6 Å². The third-order valence-corrected chi connectivity index (χ3v) is 5.36. The Morgan fingerprint density at radius 1 is 0.929 bits per heavy atom. The summed E-state index contributed by atoms with van der Waals surface area (Å²) in [7, 11) is 0. The van der Waals surface area contributed by atoms with Gasteiger partial charge in [0.15, 0.2) is 0 Å². The van der Waals surface area contributed by atoms with Crippen LogP contribution in [0.25, 0.3) is 0 Å². The molecular formula is C23H18ClNO3. The van der Waals surface area contributed by atoms with Crippen molar-refractivity contribution in [3.8, 4) is 0 Å². The van der Waals surface area contributed by atoms with Crippen LogP contribution < -0.4 is 0 Å². The van der Waals surface area contributed by atoms with Crippen molar-refractivity contribution in [2.45, 2.75) is 18.5 Å². The van der Waals surface area contributed by atoms with Gasteiger partial charge in [0.25, 0.3) is 5.91 Å². The molecule has 0 saturated heterocycles. The maximum Gasteiger partial charge on any atom is 0.313 e. The van der Waals surface area contributed by atoms with E-state index in [0.29, 0.717) is 22.7 Å². The van der Waals surface area contributed by atoms with Gasteiger partial charge in [0.1, 0.15) is 5.92 Å². The minimum atomic E-state index is -0.949. The fourth-order valence-corrected chi connectivity index (χ4v) is 3.97. The molecule has 0 fully saturated rings. The van der Waals surface area contributed by atoms with E-state index in [0.717, 1.165) is 11.1 Å². The minimum absolute atomic E-state index is 0.170. The van der Waals surface area contributed by atoms with Gasteiger partial charge in [-0.3, -0.25) is 9.59 Å². The Kier molecular flexibility index (Phi) is 4.88. The number of carboxylic acid groups (broad SMARTS) is 1. The zero-order valence-electron chi connectivity index (χ0n) is 15.0. The molecule has 1 heterocycles. The first-order valence-corrected chi connectivity index (χ1v) is 9.36. The zero-order chi connectivity index (χ0) is 19.7. The first-order chi connectivity index (χ1) is 13.6. The van der Waals surface area contributed by atoms with Crippen molar-refractivity contribution >= 4 is 23.5 Å². The molecule has 140 valence electrons. The molecule has 28 heavy (non-hydrogen) atoms. The Hall–Kier alpha value is -3.11. The minimum Gasteiger partial charge on any atom is -0.481 e. The Labute approximate surface area is 168 Å². The van der Waals surface area contributed by atoms with Crippen molar-refractivity contribution in [2.75, 3.05) is 0 Å². The molecule has 0 radical (unpaired) electrons. The number of nitrogens with zero attached hydrogens (tertiary/aromatic N) is 1. The fourth-order valence-electron chi connectivity index (χ4n) is 3.84. The molecule has 3 aromatic rings. The summed E-state index contributed by atoms with van der Waals surface area (Å²) in [6.07, 6.45) is 0. The Morgan fingerprint density at radius 3 is 2.25 bits per heavy atom. The number of carbonyl (C=O) groups excluding carboxylic acids is 1. The predicted molar refractivity (Wildman–Crippen MR) is 107 cm³/mol. The average molecular weight is 392 g/mol. The molecule has 0 bridgehead atoms. The lowest BCUT2D eigenvalue weighted by atomic mass is 9.79. The molecule has 0 aliphatic carbocycles. The van der Waals surface area contributed by atoms with Crippen molar-refractivity contribution in [1.29, 1.82) is 0 Å². The Morgan fingerprint density at radius 2 is 1.57 bits per heavy atom. The second-order valence-corrected chi connectivity index (χ2v) is 7.25. The number of aliphatic carboxylic acids is 1. The summed E-state index contributed by atoms with van der Waals surface area (Å²) in [6.45, 7) is 0.299. The maximum absolute atomic E-state index is 13.3. The highest BCUT2D eigenvalue weighted by molar-refractivity contribution is 6.30. The van der Waals surface area contributed by atoms with E-state index in [-0.39, 0.29) is 5.91 Å². The molecule has 0 saturated carbocycles. The quantitative estimate of drug-likeness (QED) is 0.687. The van der Waals surface area contributed by atoms with E-state index in [1.807, 2.05) is 42.5 Å². The molecule has 0 aromatic heterocycles. The van der Waals surface area contributed by atoms with Crippen molar-refractivity contribution in [3.63, 3.8) is 0 Å². The van der Waals surface area contributed by atoms with E-state index < -0.39 is 17.9 Å². The number of carbonyl (C=O) groups is 2. The third-order valence-electron chi connectivity index (χ3n) is 5.11.